The quantitative estimate of drug-likeness (QED) is 0.327. The summed E-state index contributed by atoms with van der Waals surface area (Å²) in [6, 6.07) is 7.33. The first-order valence-corrected chi connectivity index (χ1v) is 6.16. The molecule has 4 N–H and O–H groups in total. The fourth-order valence-corrected chi connectivity index (χ4v) is 2.38. The lowest BCUT2D eigenvalue weighted by atomic mass is 9.95. The molecule has 18 heavy (non-hydrogen) atoms. The lowest BCUT2D eigenvalue weighted by Crippen LogP contribution is -2.38. The van der Waals surface area contributed by atoms with Crippen molar-refractivity contribution in [1.29, 1.82) is 0 Å². The Morgan fingerprint density at radius 2 is 2.11 bits per heavy atom. The molecule has 1 heterocycles. The van der Waals surface area contributed by atoms with Crippen LogP contribution in [0.2, 0.25) is 0 Å². The second kappa shape index (κ2) is 5.73. The highest BCUT2D eigenvalue weighted by molar-refractivity contribution is 5.82. The number of likely N-dealkylation sites (tertiary alicyclic amines) is 1. The molecule has 1 aromatic carbocycles. The number of benzene rings is 1. The van der Waals surface area contributed by atoms with Gasteiger partial charge in [-0.3, -0.25) is 4.90 Å². The molecule has 0 aromatic heterocycles. The van der Waals surface area contributed by atoms with Crippen LogP contribution in [0.15, 0.2) is 29.4 Å². The van der Waals surface area contributed by atoms with Gasteiger partial charge in [-0.2, -0.15) is 0 Å². The first-order valence-electron chi connectivity index (χ1n) is 6.16. The number of piperidine rings is 1. The Morgan fingerprint density at radius 1 is 1.39 bits per heavy atom. The highest BCUT2D eigenvalue weighted by Crippen LogP contribution is 2.20. The van der Waals surface area contributed by atoms with Crippen LogP contribution < -0.4 is 5.73 Å². The van der Waals surface area contributed by atoms with E-state index in [1.165, 1.54) is 0 Å². The molecule has 2 rings (SSSR count). The van der Waals surface area contributed by atoms with Crippen LogP contribution in [0.25, 0.3) is 0 Å². The number of nitrogens with zero attached hydrogens (tertiary/aromatic N) is 2. The third kappa shape index (κ3) is 3.13. The minimum Gasteiger partial charge on any atom is -0.508 e. The third-order valence-corrected chi connectivity index (χ3v) is 3.44. The van der Waals surface area contributed by atoms with Crippen LogP contribution in [0, 0.1) is 5.92 Å². The fraction of sp³-hybridized carbons (Fsp3) is 0.462. The van der Waals surface area contributed by atoms with Gasteiger partial charge in [0.25, 0.3) is 0 Å². The van der Waals surface area contributed by atoms with Crippen molar-refractivity contribution < 1.29 is 10.3 Å². The maximum atomic E-state index is 9.41. The van der Waals surface area contributed by atoms with Crippen molar-refractivity contribution in [2.45, 2.75) is 19.4 Å². The number of rotatable bonds is 3. The van der Waals surface area contributed by atoms with Gasteiger partial charge in [0.15, 0.2) is 0 Å². The van der Waals surface area contributed by atoms with Gasteiger partial charge in [0.05, 0.1) is 0 Å². The zero-order chi connectivity index (χ0) is 13.0. The van der Waals surface area contributed by atoms with Crippen LogP contribution >= 0.6 is 0 Å². The summed E-state index contributed by atoms with van der Waals surface area (Å²) >= 11 is 0. The first-order chi connectivity index (χ1) is 8.69. The summed E-state index contributed by atoms with van der Waals surface area (Å²) in [7, 11) is 0. The number of hydrogen-bond acceptors (Lipinski definition) is 4. The predicted molar refractivity (Wildman–Crippen MR) is 69.5 cm³/mol. The maximum Gasteiger partial charge on any atom is 0.142 e. The first kappa shape index (κ1) is 12.7. The molecule has 5 heteroatoms. The molecule has 1 aliphatic rings. The molecule has 0 unspecified atom stereocenters. The molecule has 1 saturated heterocycles. The minimum absolute atomic E-state index is 0.190. The molecule has 1 fully saturated rings. The van der Waals surface area contributed by atoms with Crippen molar-refractivity contribution >= 4 is 5.84 Å². The molecular weight excluding hydrogens is 230 g/mol. The molecule has 0 amide bonds. The van der Waals surface area contributed by atoms with Crippen molar-refractivity contribution in [3.8, 4) is 5.75 Å². The number of oxime groups is 1. The van der Waals surface area contributed by atoms with Crippen molar-refractivity contribution in [1.82, 2.24) is 4.90 Å². The summed E-state index contributed by atoms with van der Waals surface area (Å²) in [6.07, 6.45) is 1.82. The monoisotopic (exact) mass is 249 g/mol. The number of aromatic hydroxyl groups is 1. The summed E-state index contributed by atoms with van der Waals surface area (Å²) in [6.45, 7) is 2.68. The highest BCUT2D eigenvalue weighted by atomic mass is 16.4. The Morgan fingerprint density at radius 3 is 2.72 bits per heavy atom. The van der Waals surface area contributed by atoms with Crippen LogP contribution in [0.5, 0.6) is 5.75 Å². The average molecular weight is 249 g/mol. The van der Waals surface area contributed by atoms with E-state index in [-0.39, 0.29) is 5.92 Å². The number of hydrogen-bond donors (Lipinski definition) is 3. The van der Waals surface area contributed by atoms with Crippen LogP contribution in [0.4, 0.5) is 0 Å². The molecule has 0 saturated carbocycles. The van der Waals surface area contributed by atoms with Gasteiger partial charge in [-0.25, -0.2) is 0 Å². The predicted octanol–water partition coefficient (Wildman–Crippen LogP) is 1.35. The van der Waals surface area contributed by atoms with Crippen molar-refractivity contribution in [2.24, 2.45) is 16.8 Å². The molecule has 0 spiro atoms. The summed E-state index contributed by atoms with van der Waals surface area (Å²) < 4.78 is 0. The van der Waals surface area contributed by atoms with Crippen LogP contribution in [0.3, 0.4) is 0 Å². The van der Waals surface area contributed by atoms with E-state index in [1.807, 2.05) is 12.1 Å². The van der Waals surface area contributed by atoms with E-state index in [1.54, 1.807) is 12.1 Å². The number of phenolic OH excluding ortho intramolecular Hbond substituents is 1. The van der Waals surface area contributed by atoms with Gasteiger partial charge in [-0.1, -0.05) is 17.3 Å². The molecule has 98 valence electrons. The summed E-state index contributed by atoms with van der Waals surface area (Å²) in [4.78, 5) is 2.32. The van der Waals surface area contributed by atoms with Gasteiger partial charge >= 0.3 is 0 Å². The minimum atomic E-state index is 0.190. The second-order valence-electron chi connectivity index (χ2n) is 4.75. The van der Waals surface area contributed by atoms with E-state index in [4.69, 9.17) is 10.9 Å². The largest absolute Gasteiger partial charge is 0.508 e. The van der Waals surface area contributed by atoms with Gasteiger partial charge < -0.3 is 16.0 Å². The van der Waals surface area contributed by atoms with E-state index in [9.17, 15) is 5.11 Å². The number of amidine groups is 1. The average Bonchev–Trinajstić information content (AvgIpc) is 2.39. The lowest BCUT2D eigenvalue weighted by molar-refractivity contribution is 0.198. The molecular formula is C13H19N3O2. The zero-order valence-corrected chi connectivity index (χ0v) is 10.3. The number of nitrogens with two attached hydrogens (primary N) is 1. The Bertz CT molecular complexity index is 426. The van der Waals surface area contributed by atoms with Gasteiger partial charge in [-0.05, 0) is 43.6 Å². The van der Waals surface area contributed by atoms with E-state index in [2.05, 4.69) is 10.1 Å². The van der Waals surface area contributed by atoms with Crippen LogP contribution in [0.1, 0.15) is 18.4 Å². The van der Waals surface area contributed by atoms with Crippen LogP contribution in [-0.4, -0.2) is 34.1 Å². The SMILES string of the molecule is NC(=NO)C1CCN(Cc2cccc(O)c2)CC1. The Balaban J connectivity index is 1.87. The maximum absolute atomic E-state index is 9.41. The summed E-state index contributed by atoms with van der Waals surface area (Å²) in [5, 5.41) is 21.1. The van der Waals surface area contributed by atoms with Gasteiger partial charge in [0.2, 0.25) is 0 Å². The van der Waals surface area contributed by atoms with E-state index >= 15 is 0 Å². The molecule has 0 bridgehead atoms. The van der Waals surface area contributed by atoms with Crippen molar-refractivity contribution in [3.63, 3.8) is 0 Å². The van der Waals surface area contributed by atoms with Gasteiger partial charge in [-0.15, -0.1) is 0 Å². The normalized spacial score (nSPS) is 19.0. The zero-order valence-electron chi connectivity index (χ0n) is 10.3. The van der Waals surface area contributed by atoms with Crippen molar-refractivity contribution in [2.75, 3.05) is 13.1 Å². The van der Waals surface area contributed by atoms with E-state index in [0.717, 1.165) is 38.0 Å². The standard InChI is InChI=1S/C13H19N3O2/c14-13(15-18)11-4-6-16(7-5-11)9-10-2-1-3-12(17)8-10/h1-3,8,11,17-18H,4-7,9H2,(H2,14,15). The molecule has 5 nitrogen and oxygen atoms in total. The molecule has 1 aliphatic heterocycles. The van der Waals surface area contributed by atoms with Gasteiger partial charge in [0.1, 0.15) is 11.6 Å². The Labute approximate surface area is 107 Å². The van der Waals surface area contributed by atoms with E-state index in [0.29, 0.717) is 11.6 Å². The fourth-order valence-electron chi connectivity index (χ4n) is 2.38. The highest BCUT2D eigenvalue weighted by Gasteiger charge is 2.22. The summed E-state index contributed by atoms with van der Waals surface area (Å²) in [5.74, 6) is 0.835. The van der Waals surface area contributed by atoms with Gasteiger partial charge in [0, 0.05) is 12.5 Å². The number of phenols is 1. The smallest absolute Gasteiger partial charge is 0.142 e. The summed E-state index contributed by atoms with van der Waals surface area (Å²) in [5.41, 5.74) is 6.72. The molecule has 0 aliphatic carbocycles. The molecule has 0 atom stereocenters. The third-order valence-electron chi connectivity index (χ3n) is 3.44. The van der Waals surface area contributed by atoms with Crippen LogP contribution in [-0.2, 0) is 6.54 Å². The Kier molecular flexibility index (Phi) is 4.04. The molecule has 0 radical (unpaired) electrons. The van der Waals surface area contributed by atoms with E-state index < -0.39 is 0 Å². The Hall–Kier alpha value is -1.75. The topological polar surface area (TPSA) is 82.1 Å². The van der Waals surface area contributed by atoms with Crippen molar-refractivity contribution in [3.05, 3.63) is 29.8 Å². The lowest BCUT2D eigenvalue weighted by Gasteiger charge is -2.31. The second-order valence-corrected chi connectivity index (χ2v) is 4.75. The molecule has 1 aromatic rings.